The molecule has 1 fully saturated rings. The highest BCUT2D eigenvalue weighted by Gasteiger charge is 2.45. The number of nitrogens with one attached hydrogen (secondary N) is 1. The first kappa shape index (κ1) is 24.5. The summed E-state index contributed by atoms with van der Waals surface area (Å²) in [6, 6.07) is 35.5. The Hall–Kier alpha value is -4.55. The summed E-state index contributed by atoms with van der Waals surface area (Å²) in [7, 11) is 0. The first-order valence-electron chi connectivity index (χ1n) is 13.8. The number of carbonyl (C=O) groups is 3. The lowest BCUT2D eigenvalue weighted by molar-refractivity contribution is -0.136. The summed E-state index contributed by atoms with van der Waals surface area (Å²) in [5.41, 5.74) is 6.97. The maximum absolute atomic E-state index is 13.5. The predicted octanol–water partition coefficient (Wildman–Crippen LogP) is 4.76. The van der Waals surface area contributed by atoms with Crippen LogP contribution in [0.4, 0.5) is 0 Å². The second kappa shape index (κ2) is 9.57. The number of hydrogen-bond acceptors (Lipinski definition) is 4. The molecule has 7 rings (SSSR count). The van der Waals surface area contributed by atoms with E-state index in [-0.39, 0.29) is 24.1 Å². The van der Waals surface area contributed by atoms with Gasteiger partial charge in [0.1, 0.15) is 6.04 Å². The molecule has 0 spiro atoms. The number of carbonyl (C=O) groups excluding carboxylic acids is 3. The third-order valence-electron chi connectivity index (χ3n) is 8.62. The fourth-order valence-corrected chi connectivity index (χ4v) is 6.80. The van der Waals surface area contributed by atoms with Crippen LogP contribution in [-0.4, -0.2) is 33.6 Å². The molecule has 40 heavy (non-hydrogen) atoms. The van der Waals surface area contributed by atoms with E-state index in [1.807, 2.05) is 24.3 Å². The van der Waals surface area contributed by atoms with Crippen LogP contribution in [0.3, 0.4) is 0 Å². The quantitative estimate of drug-likeness (QED) is 0.300. The van der Waals surface area contributed by atoms with Crippen molar-refractivity contribution in [2.45, 2.75) is 44.1 Å². The summed E-state index contributed by atoms with van der Waals surface area (Å²) in [5, 5.41) is 2.39. The summed E-state index contributed by atoms with van der Waals surface area (Å²) in [4.78, 5) is 41.8. The van der Waals surface area contributed by atoms with Crippen molar-refractivity contribution in [3.63, 3.8) is 0 Å². The zero-order chi connectivity index (χ0) is 27.3. The third-order valence-corrected chi connectivity index (χ3v) is 8.62. The van der Waals surface area contributed by atoms with E-state index in [0.29, 0.717) is 31.6 Å². The fourth-order valence-electron chi connectivity index (χ4n) is 6.80. The first-order valence-corrected chi connectivity index (χ1v) is 13.8. The van der Waals surface area contributed by atoms with Crippen LogP contribution in [0.25, 0.3) is 0 Å². The maximum Gasteiger partial charge on any atom is 0.255 e. The molecular formula is C34H29N3O3. The summed E-state index contributed by atoms with van der Waals surface area (Å²) in [6.45, 7) is 1.77. The number of hydrogen-bond donors (Lipinski definition) is 1. The average Bonchev–Trinajstić information content (AvgIpc) is 3.54. The Morgan fingerprint density at radius 3 is 1.70 bits per heavy atom. The summed E-state index contributed by atoms with van der Waals surface area (Å²) < 4.78 is 0. The van der Waals surface area contributed by atoms with Crippen molar-refractivity contribution in [3.05, 3.63) is 142 Å². The van der Waals surface area contributed by atoms with E-state index in [1.54, 1.807) is 4.90 Å². The van der Waals surface area contributed by atoms with Gasteiger partial charge in [-0.05, 0) is 45.9 Å². The van der Waals surface area contributed by atoms with Crippen LogP contribution in [-0.2, 0) is 34.8 Å². The molecule has 0 radical (unpaired) electrons. The van der Waals surface area contributed by atoms with Gasteiger partial charge in [0.2, 0.25) is 11.8 Å². The van der Waals surface area contributed by atoms with Crippen molar-refractivity contribution in [2.75, 3.05) is 0 Å². The minimum absolute atomic E-state index is 0.133. The molecule has 1 unspecified atom stereocenters. The molecule has 3 aliphatic rings. The average molecular weight is 528 g/mol. The van der Waals surface area contributed by atoms with Crippen molar-refractivity contribution < 1.29 is 14.4 Å². The van der Waals surface area contributed by atoms with E-state index < -0.39 is 11.6 Å². The molecule has 0 bridgehead atoms. The van der Waals surface area contributed by atoms with Gasteiger partial charge in [-0.2, -0.15) is 0 Å². The largest absolute Gasteiger partial charge is 0.322 e. The second-order valence-electron chi connectivity index (χ2n) is 10.8. The van der Waals surface area contributed by atoms with Crippen LogP contribution in [0.1, 0.15) is 56.6 Å². The van der Waals surface area contributed by atoms with E-state index >= 15 is 0 Å². The van der Waals surface area contributed by atoms with Crippen LogP contribution < -0.4 is 5.32 Å². The van der Waals surface area contributed by atoms with Gasteiger partial charge >= 0.3 is 0 Å². The topological polar surface area (TPSA) is 69.7 Å². The van der Waals surface area contributed by atoms with Gasteiger partial charge in [-0.3, -0.25) is 24.6 Å². The lowest BCUT2D eigenvalue weighted by atomic mass is 9.75. The molecule has 1 saturated heterocycles. The zero-order valence-electron chi connectivity index (χ0n) is 22.0. The van der Waals surface area contributed by atoms with E-state index in [0.717, 1.165) is 11.1 Å². The third kappa shape index (κ3) is 3.79. The van der Waals surface area contributed by atoms with Crippen LogP contribution in [0.5, 0.6) is 0 Å². The number of benzene rings is 4. The molecular weight excluding hydrogens is 498 g/mol. The van der Waals surface area contributed by atoms with Gasteiger partial charge < -0.3 is 4.90 Å². The van der Waals surface area contributed by atoms with Gasteiger partial charge in [0, 0.05) is 31.6 Å². The molecule has 4 aromatic rings. The molecule has 0 saturated carbocycles. The van der Waals surface area contributed by atoms with E-state index in [4.69, 9.17) is 0 Å². The van der Waals surface area contributed by atoms with Gasteiger partial charge in [-0.25, -0.2) is 0 Å². The number of nitrogens with zero attached hydrogens (tertiary/aromatic N) is 2. The Labute approximate surface area is 233 Å². The normalized spacial score (nSPS) is 18.9. The SMILES string of the molecule is O=C1CCC(N2Cc3cc4c(cc3C2=O)CN(C(c2ccccc2)(c2ccccc2)c2ccccc2)C4)C(=O)N1. The Bertz CT molecular complexity index is 1520. The first-order chi connectivity index (χ1) is 19.6. The lowest BCUT2D eigenvalue weighted by Gasteiger charge is -2.43. The van der Waals surface area contributed by atoms with Gasteiger partial charge in [-0.15, -0.1) is 0 Å². The predicted molar refractivity (Wildman–Crippen MR) is 151 cm³/mol. The monoisotopic (exact) mass is 527 g/mol. The number of piperidine rings is 1. The molecule has 1 N–H and O–H groups in total. The molecule has 0 aromatic heterocycles. The zero-order valence-corrected chi connectivity index (χ0v) is 22.0. The molecule has 4 aromatic carbocycles. The summed E-state index contributed by atoms with van der Waals surface area (Å²) >= 11 is 0. The smallest absolute Gasteiger partial charge is 0.255 e. The van der Waals surface area contributed by atoms with Gasteiger partial charge in [0.15, 0.2) is 0 Å². The standard InChI is InChI=1S/C34H29N3O3/c38-31-17-16-30(32(39)35-31)37-22-25-18-23-20-36(21-24(23)19-29(25)33(37)40)34(26-10-4-1-5-11-26,27-12-6-2-7-13-27)28-14-8-3-9-15-28/h1-15,18-19,30H,16-17,20-22H2,(H,35,38,39). The van der Waals surface area contributed by atoms with E-state index in [1.165, 1.54) is 22.3 Å². The van der Waals surface area contributed by atoms with Crippen molar-refractivity contribution in [1.82, 2.24) is 15.1 Å². The van der Waals surface area contributed by atoms with Crippen molar-refractivity contribution in [3.8, 4) is 0 Å². The van der Waals surface area contributed by atoms with E-state index in [9.17, 15) is 14.4 Å². The molecule has 198 valence electrons. The Balaban J connectivity index is 1.29. The summed E-state index contributed by atoms with van der Waals surface area (Å²) in [5.74, 6) is -0.788. The number of imide groups is 1. The highest BCUT2D eigenvalue weighted by atomic mass is 16.2. The van der Waals surface area contributed by atoms with Gasteiger partial charge in [0.05, 0.1) is 5.54 Å². The fraction of sp³-hybridized carbons (Fsp3) is 0.206. The minimum Gasteiger partial charge on any atom is -0.322 e. The molecule has 3 heterocycles. The van der Waals surface area contributed by atoms with E-state index in [2.05, 4.69) is 89.1 Å². The van der Waals surface area contributed by atoms with Crippen LogP contribution in [0, 0.1) is 0 Å². The Kier molecular flexibility index (Phi) is 5.86. The number of rotatable bonds is 5. The molecule has 1 atom stereocenters. The Morgan fingerprint density at radius 2 is 1.18 bits per heavy atom. The molecule has 3 amide bonds. The number of amides is 3. The molecule has 6 heteroatoms. The second-order valence-corrected chi connectivity index (χ2v) is 10.8. The lowest BCUT2D eigenvalue weighted by Crippen LogP contribution is -2.52. The van der Waals surface area contributed by atoms with Crippen LogP contribution >= 0.6 is 0 Å². The number of fused-ring (bicyclic) bond motifs is 2. The molecule has 3 aliphatic heterocycles. The molecule has 0 aliphatic carbocycles. The van der Waals surface area contributed by atoms with Gasteiger partial charge in [-0.1, -0.05) is 97.1 Å². The molecule has 6 nitrogen and oxygen atoms in total. The Morgan fingerprint density at radius 1 is 0.650 bits per heavy atom. The minimum atomic E-state index is -0.606. The maximum atomic E-state index is 13.5. The van der Waals surface area contributed by atoms with Crippen LogP contribution in [0.2, 0.25) is 0 Å². The highest BCUT2D eigenvalue weighted by Crippen LogP contribution is 2.47. The summed E-state index contributed by atoms with van der Waals surface area (Å²) in [6.07, 6.45) is 0.619. The van der Waals surface area contributed by atoms with Crippen molar-refractivity contribution >= 4 is 17.7 Å². The van der Waals surface area contributed by atoms with Crippen molar-refractivity contribution in [1.29, 1.82) is 0 Å². The van der Waals surface area contributed by atoms with Crippen molar-refractivity contribution in [2.24, 2.45) is 0 Å². The van der Waals surface area contributed by atoms with Gasteiger partial charge in [0.25, 0.3) is 5.91 Å². The highest BCUT2D eigenvalue weighted by molar-refractivity contribution is 6.05. The van der Waals surface area contributed by atoms with Crippen LogP contribution in [0.15, 0.2) is 103 Å².